The highest BCUT2D eigenvalue weighted by atomic mass is 35.5. The number of fused-ring (bicyclic) bond motifs is 1. The van der Waals surface area contributed by atoms with E-state index in [1.807, 2.05) is 24.3 Å². The highest BCUT2D eigenvalue weighted by Gasteiger charge is 2.16. The molecule has 0 aliphatic heterocycles. The molecular weight excluding hydrogens is 450 g/mol. The largest absolute Gasteiger partial charge is 0.468 e. The summed E-state index contributed by atoms with van der Waals surface area (Å²) in [6.45, 7) is 4.05. The molecule has 0 saturated heterocycles. The zero-order valence-electron chi connectivity index (χ0n) is 18.1. The van der Waals surface area contributed by atoms with E-state index in [1.165, 1.54) is 17.2 Å². The van der Waals surface area contributed by atoms with Crippen molar-refractivity contribution in [3.8, 4) is 5.69 Å². The zero-order valence-corrected chi connectivity index (χ0v) is 19.6. The average molecular weight is 474 g/mol. The number of esters is 1. The number of aromatic nitrogens is 2. The number of nitrogens with zero attached hydrogens (tertiary/aromatic N) is 2. The van der Waals surface area contributed by atoms with Gasteiger partial charge in [0.15, 0.2) is 5.16 Å². The third-order valence-corrected chi connectivity index (χ3v) is 6.30. The van der Waals surface area contributed by atoms with Gasteiger partial charge in [-0.2, -0.15) is 0 Å². The molecule has 168 valence electrons. The van der Waals surface area contributed by atoms with Crippen LogP contribution in [-0.2, 0) is 14.3 Å². The number of nitrogens with one attached hydrogen (secondary N) is 1. The van der Waals surface area contributed by atoms with Crippen molar-refractivity contribution in [2.24, 2.45) is 0 Å². The molecule has 3 aromatic rings. The van der Waals surface area contributed by atoms with Gasteiger partial charge in [0.1, 0.15) is 6.54 Å². The molecule has 9 heteroatoms. The number of thioether (sulfide) groups is 1. The molecule has 1 N–H and O–H groups in total. The Labute approximate surface area is 195 Å². The molecule has 0 fully saturated rings. The van der Waals surface area contributed by atoms with E-state index in [9.17, 15) is 14.4 Å². The molecular formula is C23H24ClN3O4S. The molecule has 0 radical (unpaired) electrons. The lowest BCUT2D eigenvalue weighted by molar-refractivity contribution is -0.140. The number of benzene rings is 2. The fraction of sp³-hybridized carbons (Fsp3) is 0.304. The third-order valence-electron chi connectivity index (χ3n) is 5.12. The Morgan fingerprint density at radius 3 is 2.59 bits per heavy atom. The van der Waals surface area contributed by atoms with Gasteiger partial charge in [-0.1, -0.05) is 49.3 Å². The van der Waals surface area contributed by atoms with Crippen LogP contribution in [0.15, 0.2) is 52.4 Å². The van der Waals surface area contributed by atoms with Crippen molar-refractivity contribution >= 4 is 46.1 Å². The molecule has 1 atom stereocenters. The topological polar surface area (TPSA) is 90.3 Å². The van der Waals surface area contributed by atoms with Gasteiger partial charge in [-0.05, 0) is 48.2 Å². The third kappa shape index (κ3) is 5.49. The van der Waals surface area contributed by atoms with Gasteiger partial charge in [-0.25, -0.2) is 4.98 Å². The van der Waals surface area contributed by atoms with Crippen LogP contribution in [0.3, 0.4) is 0 Å². The summed E-state index contributed by atoms with van der Waals surface area (Å²) in [5.41, 5.74) is 2.04. The van der Waals surface area contributed by atoms with Crippen LogP contribution < -0.4 is 10.9 Å². The number of methoxy groups -OCH3 is 1. The van der Waals surface area contributed by atoms with Gasteiger partial charge in [0.2, 0.25) is 5.91 Å². The first-order valence-electron chi connectivity index (χ1n) is 10.1. The molecule has 32 heavy (non-hydrogen) atoms. The highest BCUT2D eigenvalue weighted by molar-refractivity contribution is 7.99. The van der Waals surface area contributed by atoms with Crippen molar-refractivity contribution in [1.29, 1.82) is 0 Å². The maximum absolute atomic E-state index is 13.4. The molecule has 1 heterocycles. The first kappa shape index (κ1) is 23.8. The maximum Gasteiger partial charge on any atom is 0.325 e. The molecule has 1 amide bonds. The van der Waals surface area contributed by atoms with Gasteiger partial charge >= 0.3 is 5.97 Å². The molecule has 2 aromatic carbocycles. The normalized spacial score (nSPS) is 11.9. The van der Waals surface area contributed by atoms with Crippen molar-refractivity contribution < 1.29 is 14.3 Å². The van der Waals surface area contributed by atoms with E-state index in [4.69, 9.17) is 11.6 Å². The predicted octanol–water partition coefficient (Wildman–Crippen LogP) is 3.93. The van der Waals surface area contributed by atoms with Gasteiger partial charge in [0, 0.05) is 5.02 Å². The lowest BCUT2D eigenvalue weighted by Crippen LogP contribution is -2.31. The highest BCUT2D eigenvalue weighted by Crippen LogP contribution is 2.25. The zero-order chi connectivity index (χ0) is 23.3. The minimum atomic E-state index is -0.539. The van der Waals surface area contributed by atoms with Crippen molar-refractivity contribution in [3.05, 3.63) is 63.4 Å². The minimum Gasteiger partial charge on any atom is -0.468 e. The molecule has 0 aliphatic rings. The van der Waals surface area contributed by atoms with Crippen molar-refractivity contribution in [2.75, 3.05) is 19.4 Å². The first-order chi connectivity index (χ1) is 15.3. The van der Waals surface area contributed by atoms with Gasteiger partial charge in [-0.3, -0.25) is 19.0 Å². The quantitative estimate of drug-likeness (QED) is 0.303. The molecule has 0 spiro atoms. The fourth-order valence-electron chi connectivity index (χ4n) is 3.07. The van der Waals surface area contributed by atoms with Gasteiger partial charge < -0.3 is 10.1 Å². The molecule has 7 nitrogen and oxygen atoms in total. The molecule has 1 aromatic heterocycles. The van der Waals surface area contributed by atoms with Crippen molar-refractivity contribution in [1.82, 2.24) is 14.9 Å². The lowest BCUT2D eigenvalue weighted by atomic mass is 9.98. The second-order valence-corrected chi connectivity index (χ2v) is 8.62. The maximum atomic E-state index is 13.4. The number of amides is 1. The Morgan fingerprint density at radius 1 is 1.22 bits per heavy atom. The SMILES string of the molecule is CCC(C)c1ccc(-n2c(SCC(=O)NCC(=O)OC)nc3ccc(Cl)cc3c2=O)cc1. The number of carbonyl (C=O) groups excluding carboxylic acids is 2. The summed E-state index contributed by atoms with van der Waals surface area (Å²) in [4.78, 5) is 41.4. The monoisotopic (exact) mass is 473 g/mol. The number of halogens is 1. The van der Waals surface area contributed by atoms with Crippen molar-refractivity contribution in [3.63, 3.8) is 0 Å². The summed E-state index contributed by atoms with van der Waals surface area (Å²) in [5.74, 6) is -0.526. The van der Waals surface area contributed by atoms with E-state index < -0.39 is 5.97 Å². The van der Waals surface area contributed by atoms with Gasteiger partial charge in [-0.15, -0.1) is 0 Å². The Hall–Kier alpha value is -2.84. The summed E-state index contributed by atoms with van der Waals surface area (Å²) in [6, 6.07) is 12.7. The van der Waals surface area contributed by atoms with E-state index >= 15 is 0 Å². The number of rotatable bonds is 8. The van der Waals surface area contributed by atoms with Crippen LogP contribution in [0.4, 0.5) is 0 Å². The van der Waals surface area contributed by atoms with Crippen LogP contribution in [0.5, 0.6) is 0 Å². The minimum absolute atomic E-state index is 0.0204. The van der Waals surface area contributed by atoms with E-state index in [2.05, 4.69) is 28.9 Å². The summed E-state index contributed by atoms with van der Waals surface area (Å²) in [5, 5.41) is 3.69. The van der Waals surface area contributed by atoms with E-state index in [0.717, 1.165) is 18.2 Å². The summed E-state index contributed by atoms with van der Waals surface area (Å²) in [7, 11) is 1.25. The van der Waals surface area contributed by atoms with Crippen LogP contribution in [0, 0.1) is 0 Å². The standard InChI is InChI=1S/C23H24ClN3O4S/c1-4-14(2)15-5-8-17(9-6-15)27-22(30)18-11-16(24)7-10-19(18)26-23(27)32-13-20(28)25-12-21(29)31-3/h5-11,14H,4,12-13H2,1-3H3,(H,25,28). The van der Waals surface area contributed by atoms with E-state index in [0.29, 0.717) is 32.7 Å². The number of hydrogen-bond acceptors (Lipinski definition) is 6. The Bertz CT molecular complexity index is 1190. The van der Waals surface area contributed by atoms with Crippen LogP contribution in [-0.4, -0.2) is 40.8 Å². The molecule has 1 unspecified atom stereocenters. The average Bonchev–Trinajstić information content (AvgIpc) is 2.81. The second-order valence-electron chi connectivity index (χ2n) is 7.24. The van der Waals surface area contributed by atoms with Crippen LogP contribution in [0.25, 0.3) is 16.6 Å². The lowest BCUT2D eigenvalue weighted by Gasteiger charge is -2.15. The van der Waals surface area contributed by atoms with E-state index in [1.54, 1.807) is 18.2 Å². The van der Waals surface area contributed by atoms with Crippen LogP contribution in [0.2, 0.25) is 5.02 Å². The summed E-state index contributed by atoms with van der Waals surface area (Å²) < 4.78 is 6.00. The fourth-order valence-corrected chi connectivity index (χ4v) is 4.09. The molecule has 0 bridgehead atoms. The Kier molecular flexibility index (Phi) is 7.93. The second kappa shape index (κ2) is 10.7. The Balaban J connectivity index is 1.99. The number of ether oxygens (including phenoxy) is 1. The number of carbonyl (C=O) groups is 2. The van der Waals surface area contributed by atoms with E-state index in [-0.39, 0.29) is 23.8 Å². The van der Waals surface area contributed by atoms with Gasteiger partial charge in [0.25, 0.3) is 5.56 Å². The Morgan fingerprint density at radius 2 is 1.94 bits per heavy atom. The van der Waals surface area contributed by atoms with Crippen LogP contribution in [0.1, 0.15) is 31.7 Å². The van der Waals surface area contributed by atoms with Crippen molar-refractivity contribution in [2.45, 2.75) is 31.3 Å². The molecule has 3 rings (SSSR count). The smallest absolute Gasteiger partial charge is 0.325 e. The van der Waals surface area contributed by atoms with Gasteiger partial charge in [0.05, 0.1) is 29.5 Å². The molecule has 0 saturated carbocycles. The summed E-state index contributed by atoms with van der Waals surface area (Å²) >= 11 is 7.22. The predicted molar refractivity (Wildman–Crippen MR) is 127 cm³/mol. The van der Waals surface area contributed by atoms with Crippen LogP contribution >= 0.6 is 23.4 Å². The first-order valence-corrected chi connectivity index (χ1v) is 11.5. The molecule has 0 aliphatic carbocycles. The number of hydrogen-bond donors (Lipinski definition) is 1. The summed E-state index contributed by atoms with van der Waals surface area (Å²) in [6.07, 6.45) is 1.01.